The fourth-order valence-electron chi connectivity index (χ4n) is 8.76. The van der Waals surface area contributed by atoms with Crippen molar-refractivity contribution in [3.05, 3.63) is 141 Å². The van der Waals surface area contributed by atoms with Gasteiger partial charge in [-0.05, 0) is 157 Å². The van der Waals surface area contributed by atoms with Gasteiger partial charge < -0.3 is 9.80 Å². The Balaban J connectivity index is 1.43. The number of fused-ring (bicyclic) bond motifs is 2. The van der Waals surface area contributed by atoms with E-state index in [0.717, 1.165) is 59.1 Å². The zero-order valence-corrected chi connectivity index (χ0v) is 37.3. The summed E-state index contributed by atoms with van der Waals surface area (Å²) in [5.41, 5.74) is 15.0. The van der Waals surface area contributed by atoms with Gasteiger partial charge >= 0.3 is 0 Å². The van der Waals surface area contributed by atoms with Gasteiger partial charge in [-0.15, -0.1) is 11.3 Å². The highest BCUT2D eigenvalue weighted by Gasteiger charge is 2.38. The van der Waals surface area contributed by atoms with E-state index in [1.165, 1.54) is 94.1 Å². The van der Waals surface area contributed by atoms with Crippen LogP contribution in [-0.4, -0.2) is 0 Å². The predicted octanol–water partition coefficient (Wildman–Crippen LogP) is 17.2. The molecule has 0 unspecified atom stereocenters. The first kappa shape index (κ1) is 41.1. The molecule has 7 rings (SSSR count). The van der Waals surface area contributed by atoms with Crippen LogP contribution in [0.3, 0.4) is 0 Å². The number of hydrogen-bond acceptors (Lipinski definition) is 3. The third-order valence-electron chi connectivity index (χ3n) is 12.5. The molecule has 0 spiro atoms. The molecule has 0 atom stereocenters. The molecule has 0 bridgehead atoms. The van der Waals surface area contributed by atoms with Crippen LogP contribution in [0.25, 0.3) is 10.1 Å². The summed E-state index contributed by atoms with van der Waals surface area (Å²) >= 11 is 9.78. The van der Waals surface area contributed by atoms with Gasteiger partial charge in [-0.2, -0.15) is 0 Å². The first-order chi connectivity index (χ1) is 27.4. The van der Waals surface area contributed by atoms with Crippen LogP contribution < -0.4 is 9.80 Å². The van der Waals surface area contributed by atoms with Crippen molar-refractivity contribution in [2.75, 3.05) is 9.80 Å². The van der Waals surface area contributed by atoms with Crippen molar-refractivity contribution in [3.8, 4) is 0 Å². The molecule has 0 fully saturated rings. The molecular formula is C53H63ClN2S. The summed E-state index contributed by atoms with van der Waals surface area (Å²) in [7, 11) is 0. The van der Waals surface area contributed by atoms with E-state index in [1.54, 1.807) is 0 Å². The topological polar surface area (TPSA) is 6.48 Å². The lowest BCUT2D eigenvalue weighted by Crippen LogP contribution is -2.34. The van der Waals surface area contributed by atoms with Crippen LogP contribution in [-0.2, 0) is 30.1 Å². The summed E-state index contributed by atoms with van der Waals surface area (Å²) in [6, 6.07) is 37.2. The van der Waals surface area contributed by atoms with E-state index in [9.17, 15) is 0 Å². The van der Waals surface area contributed by atoms with E-state index in [2.05, 4.69) is 168 Å². The van der Waals surface area contributed by atoms with Crippen LogP contribution in [0.1, 0.15) is 133 Å². The molecule has 2 nitrogen and oxygen atoms in total. The standard InChI is InChI=1S/C53H63ClN2S/c1-9-12-15-38-18-23-41(24-19-38)55(42-25-20-39(21-26-42)16-13-10-2)47-32-37(4)33-48(51(47)54)56(49-36-57-50-34-40(17-14-11-3)22-28-44(49)50)43-27-29-45-46(35-43)53(7,8)31-30-52(45,5)6/h18-29,32-36H,9-17,30-31H2,1-8H3. The fraction of sp³-hybridized carbons (Fsp3) is 0.396. The molecule has 0 radical (unpaired) electrons. The second kappa shape index (κ2) is 17.4. The summed E-state index contributed by atoms with van der Waals surface area (Å²) < 4.78 is 1.32. The van der Waals surface area contributed by atoms with Crippen molar-refractivity contribution < 1.29 is 0 Å². The summed E-state index contributed by atoms with van der Waals surface area (Å²) in [6.45, 7) is 18.7. The van der Waals surface area contributed by atoms with Crippen LogP contribution in [0.4, 0.5) is 34.1 Å². The number of benzene rings is 5. The van der Waals surface area contributed by atoms with E-state index < -0.39 is 0 Å². The summed E-state index contributed by atoms with van der Waals surface area (Å²) in [4.78, 5) is 4.83. The largest absolute Gasteiger partial charge is 0.309 e. The molecule has 0 aliphatic heterocycles. The molecule has 0 saturated carbocycles. The monoisotopic (exact) mass is 794 g/mol. The molecule has 1 aliphatic carbocycles. The quantitative estimate of drug-likeness (QED) is 0.102. The van der Waals surface area contributed by atoms with Crippen LogP contribution in [0, 0.1) is 6.92 Å². The Bertz CT molecular complexity index is 2240. The van der Waals surface area contributed by atoms with E-state index in [-0.39, 0.29) is 10.8 Å². The molecule has 1 aliphatic rings. The van der Waals surface area contributed by atoms with Gasteiger partial charge in [0.2, 0.25) is 0 Å². The molecule has 4 heteroatoms. The minimum atomic E-state index is 0.0718. The molecule has 0 N–H and O–H groups in total. The SMILES string of the molecule is CCCCc1ccc(N(c2ccc(CCCC)cc2)c2cc(C)cc(N(c3ccc4c(c3)C(C)(C)CCC4(C)C)c3csc4cc(CCCC)ccc34)c2Cl)cc1. The number of rotatable bonds is 15. The van der Waals surface area contributed by atoms with Crippen molar-refractivity contribution in [1.82, 2.24) is 0 Å². The maximum atomic E-state index is 7.93. The zero-order valence-electron chi connectivity index (χ0n) is 35.8. The molecule has 57 heavy (non-hydrogen) atoms. The molecule has 1 aromatic heterocycles. The summed E-state index contributed by atoms with van der Waals surface area (Å²) in [6.07, 6.45) is 12.8. The second-order valence-corrected chi connectivity index (χ2v) is 19.2. The highest BCUT2D eigenvalue weighted by atomic mass is 35.5. The number of unbranched alkanes of at least 4 members (excludes halogenated alkanes) is 3. The van der Waals surface area contributed by atoms with E-state index >= 15 is 0 Å². The molecule has 5 aromatic carbocycles. The number of thiophene rings is 1. The van der Waals surface area contributed by atoms with Gasteiger partial charge in [-0.3, -0.25) is 0 Å². The number of nitrogens with zero attached hydrogens (tertiary/aromatic N) is 2. The molecular weight excluding hydrogens is 732 g/mol. The van der Waals surface area contributed by atoms with Crippen LogP contribution in [0.5, 0.6) is 0 Å². The normalized spacial score (nSPS) is 14.5. The van der Waals surface area contributed by atoms with E-state index in [4.69, 9.17) is 11.6 Å². The van der Waals surface area contributed by atoms with Crippen LogP contribution >= 0.6 is 22.9 Å². The third-order valence-corrected chi connectivity index (χ3v) is 13.8. The van der Waals surface area contributed by atoms with Gasteiger partial charge in [-0.1, -0.05) is 122 Å². The lowest BCUT2D eigenvalue weighted by atomic mass is 9.63. The van der Waals surface area contributed by atoms with E-state index in [1.807, 2.05) is 11.3 Å². The minimum absolute atomic E-state index is 0.0718. The Kier molecular flexibility index (Phi) is 12.6. The van der Waals surface area contributed by atoms with E-state index in [0.29, 0.717) is 0 Å². The molecule has 0 amide bonds. The van der Waals surface area contributed by atoms with Gasteiger partial charge in [0.1, 0.15) is 0 Å². The average Bonchev–Trinajstić information content (AvgIpc) is 3.62. The maximum Gasteiger partial charge on any atom is 0.0887 e. The number of aryl methyl sites for hydroxylation is 4. The fourth-order valence-corrected chi connectivity index (χ4v) is 10.0. The number of halogens is 1. The van der Waals surface area contributed by atoms with Gasteiger partial charge in [-0.25, -0.2) is 0 Å². The Morgan fingerprint density at radius 1 is 0.544 bits per heavy atom. The van der Waals surface area contributed by atoms with Crippen molar-refractivity contribution >= 4 is 67.1 Å². The lowest BCUT2D eigenvalue weighted by molar-refractivity contribution is 0.332. The first-order valence-electron chi connectivity index (χ1n) is 21.7. The van der Waals surface area contributed by atoms with Crippen molar-refractivity contribution in [3.63, 3.8) is 0 Å². The Morgan fingerprint density at radius 2 is 1.04 bits per heavy atom. The van der Waals surface area contributed by atoms with Crippen molar-refractivity contribution in [2.45, 2.75) is 137 Å². The van der Waals surface area contributed by atoms with Gasteiger partial charge in [0, 0.05) is 32.5 Å². The Morgan fingerprint density at radius 3 is 1.60 bits per heavy atom. The van der Waals surface area contributed by atoms with Crippen molar-refractivity contribution in [1.29, 1.82) is 0 Å². The zero-order chi connectivity index (χ0) is 40.3. The maximum absolute atomic E-state index is 7.93. The van der Waals surface area contributed by atoms with Crippen LogP contribution in [0.15, 0.2) is 102 Å². The summed E-state index contributed by atoms with van der Waals surface area (Å²) in [5, 5.41) is 4.35. The van der Waals surface area contributed by atoms with Gasteiger partial charge in [0.15, 0.2) is 0 Å². The third kappa shape index (κ3) is 8.72. The molecule has 0 saturated heterocycles. The average molecular weight is 796 g/mol. The van der Waals surface area contributed by atoms with Gasteiger partial charge in [0.05, 0.1) is 22.1 Å². The molecule has 1 heterocycles. The number of hydrogen-bond donors (Lipinski definition) is 0. The number of anilines is 6. The van der Waals surface area contributed by atoms with Crippen molar-refractivity contribution in [2.24, 2.45) is 0 Å². The molecule has 6 aromatic rings. The predicted molar refractivity (Wildman–Crippen MR) is 252 cm³/mol. The Hall–Kier alpha value is -4.05. The second-order valence-electron chi connectivity index (χ2n) is 17.9. The highest BCUT2D eigenvalue weighted by Crippen LogP contribution is 2.52. The first-order valence-corrected chi connectivity index (χ1v) is 22.9. The Labute approximate surface area is 352 Å². The summed E-state index contributed by atoms with van der Waals surface area (Å²) in [5.74, 6) is 0. The minimum Gasteiger partial charge on any atom is -0.309 e. The molecule has 298 valence electrons. The smallest absolute Gasteiger partial charge is 0.0887 e. The van der Waals surface area contributed by atoms with Gasteiger partial charge in [0.25, 0.3) is 0 Å². The highest BCUT2D eigenvalue weighted by molar-refractivity contribution is 7.17. The lowest BCUT2D eigenvalue weighted by Gasteiger charge is -2.42. The van der Waals surface area contributed by atoms with Crippen LogP contribution in [0.2, 0.25) is 5.02 Å².